The highest BCUT2D eigenvalue weighted by atomic mass is 19.1. The van der Waals surface area contributed by atoms with Crippen molar-refractivity contribution in [2.45, 2.75) is 157 Å². The van der Waals surface area contributed by atoms with Gasteiger partial charge in [-0.1, -0.05) is 307 Å². The predicted octanol–water partition coefficient (Wildman–Crippen LogP) is 33.3. The third-order valence-electron chi connectivity index (χ3n) is 25.4. The van der Waals surface area contributed by atoms with Gasteiger partial charge in [0.15, 0.2) is 0 Å². The summed E-state index contributed by atoms with van der Waals surface area (Å²) in [5, 5.41) is 32.8. The number of anilines is 10. The number of hydrogen-bond acceptors (Lipinski definition) is 14. The third kappa shape index (κ3) is 23.4. The lowest BCUT2D eigenvalue weighted by atomic mass is 9.79. The number of benzene rings is 12. The molecule has 0 aliphatic rings. The minimum Gasteiger partial charge on any atom is -0.507 e. The van der Waals surface area contributed by atoms with Gasteiger partial charge in [-0.05, 0) is 263 Å². The van der Waals surface area contributed by atoms with Gasteiger partial charge in [0.1, 0.15) is 34.7 Å². The lowest BCUT2D eigenvalue weighted by molar-refractivity contribution is 0.476. The minimum atomic E-state index is -0.360. The Morgan fingerprint density at radius 2 is 0.479 bits per heavy atom. The number of para-hydroxylation sites is 6. The van der Waals surface area contributed by atoms with E-state index in [2.05, 4.69) is 301 Å². The van der Waals surface area contributed by atoms with E-state index in [0.717, 1.165) is 118 Å². The van der Waals surface area contributed by atoms with E-state index in [0.29, 0.717) is 39.8 Å². The van der Waals surface area contributed by atoms with Crippen molar-refractivity contribution < 1.29 is 19.7 Å². The second-order valence-electron chi connectivity index (χ2n) is 42.6. The van der Waals surface area contributed by atoms with Crippen LogP contribution in [0.3, 0.4) is 0 Å². The van der Waals surface area contributed by atoms with Crippen LogP contribution in [0.25, 0.3) is 101 Å². The first-order valence-electron chi connectivity index (χ1n) is 48.4. The average Bonchev–Trinajstić information content (AvgIpc) is 0.774. The molecular formula is C127H126FN11O3. The zero-order valence-electron chi connectivity index (χ0n) is 85.0. The second kappa shape index (κ2) is 41.2. The van der Waals surface area contributed by atoms with Crippen LogP contribution in [0.5, 0.6) is 17.2 Å². The molecule has 0 unspecified atom stereocenters. The average molecular weight is 1870 g/mol. The SMILES string of the molecule is CC(C)(C)c1cc(-c2cc(-c3cccc(N(c4ccccc4)c4cc(F)ccn4)c3)nc(-c3ccccc3O)c2)cc(C(C)(C)C)c1.CC(C)(C)c1cc(-c2cc(-c3cccc(N(c4ccccc4)c4ncccn4)c3)nc(-c3ccccc3O)c2)cc(C(C)(C)C)c1.CN(C)c1ccnc(N(c2ccccc2)c2cccc(-c3cc(-c4cc(C(C)(C)C)cc(C(C)(C)C)c4)cc(-c4ccccc4O)n3)c2)c1. The van der Waals surface area contributed by atoms with Crippen molar-refractivity contribution >= 4 is 57.4 Å². The molecule has 12 aromatic carbocycles. The highest BCUT2D eigenvalue weighted by Crippen LogP contribution is 2.47. The Hall–Kier alpha value is -16.0. The first kappa shape index (κ1) is 99.0. The number of nitrogens with zero attached hydrogens (tertiary/aromatic N) is 11. The highest BCUT2D eigenvalue weighted by Gasteiger charge is 2.29. The Morgan fingerprint density at radius 3 is 0.782 bits per heavy atom. The molecule has 0 saturated carbocycles. The van der Waals surface area contributed by atoms with Crippen LogP contribution >= 0.6 is 0 Å². The minimum absolute atomic E-state index is 0.0267. The zero-order chi connectivity index (χ0) is 101. The van der Waals surface area contributed by atoms with E-state index >= 15 is 0 Å². The molecule has 15 heteroatoms. The molecule has 18 rings (SSSR count). The quantitative estimate of drug-likeness (QED) is 0.0700. The number of halogens is 1. The molecule has 3 N–H and O–H groups in total. The first-order valence-corrected chi connectivity index (χ1v) is 48.4. The van der Waals surface area contributed by atoms with Crippen molar-refractivity contribution in [3.05, 3.63) is 422 Å². The van der Waals surface area contributed by atoms with Crippen LogP contribution in [0.1, 0.15) is 158 Å². The Labute approximate surface area is 837 Å². The molecule has 6 heterocycles. The van der Waals surface area contributed by atoms with E-state index in [1.54, 1.807) is 30.6 Å². The Kier molecular flexibility index (Phi) is 28.7. The van der Waals surface area contributed by atoms with Crippen LogP contribution in [0.2, 0.25) is 0 Å². The first-order chi connectivity index (χ1) is 67.6. The van der Waals surface area contributed by atoms with Gasteiger partial charge in [0.25, 0.3) is 0 Å². The third-order valence-corrected chi connectivity index (χ3v) is 25.4. The van der Waals surface area contributed by atoms with E-state index < -0.39 is 0 Å². The summed E-state index contributed by atoms with van der Waals surface area (Å²) >= 11 is 0. The fourth-order valence-corrected chi connectivity index (χ4v) is 17.1. The molecule has 714 valence electrons. The summed E-state index contributed by atoms with van der Waals surface area (Å²) in [6.45, 7) is 40.5. The number of pyridine rings is 5. The van der Waals surface area contributed by atoms with Gasteiger partial charge < -0.3 is 20.2 Å². The van der Waals surface area contributed by atoms with Crippen LogP contribution in [-0.2, 0) is 32.5 Å². The van der Waals surface area contributed by atoms with Gasteiger partial charge >= 0.3 is 0 Å². The predicted molar refractivity (Wildman–Crippen MR) is 588 cm³/mol. The molecule has 0 fully saturated rings. The molecule has 0 spiro atoms. The summed E-state index contributed by atoms with van der Waals surface area (Å²) < 4.78 is 14.5. The van der Waals surface area contributed by atoms with Crippen LogP contribution < -0.4 is 19.6 Å². The summed E-state index contributed by atoms with van der Waals surface area (Å²) in [4.78, 5) is 42.1. The fourth-order valence-electron chi connectivity index (χ4n) is 17.1. The monoisotopic (exact) mass is 1870 g/mol. The van der Waals surface area contributed by atoms with Crippen molar-refractivity contribution in [2.75, 3.05) is 33.7 Å². The van der Waals surface area contributed by atoms with Gasteiger partial charge in [-0.15, -0.1) is 0 Å². The molecule has 0 amide bonds. The molecule has 0 aliphatic carbocycles. The van der Waals surface area contributed by atoms with Crippen molar-refractivity contribution in [2.24, 2.45) is 0 Å². The second-order valence-corrected chi connectivity index (χ2v) is 42.6. The maximum atomic E-state index is 14.5. The highest BCUT2D eigenvalue weighted by molar-refractivity contribution is 5.88. The summed E-state index contributed by atoms with van der Waals surface area (Å²) in [6.07, 6.45) is 6.84. The van der Waals surface area contributed by atoms with E-state index in [1.165, 1.54) is 51.7 Å². The fraction of sp³-hybridized carbons (Fsp3) is 0.205. The van der Waals surface area contributed by atoms with Gasteiger partial charge in [-0.2, -0.15) is 0 Å². The van der Waals surface area contributed by atoms with E-state index in [4.69, 9.17) is 19.9 Å². The Morgan fingerprint density at radius 1 is 0.211 bits per heavy atom. The van der Waals surface area contributed by atoms with Gasteiger partial charge in [0, 0.05) is 124 Å². The van der Waals surface area contributed by atoms with Crippen molar-refractivity contribution in [1.82, 2.24) is 34.9 Å². The number of aromatic nitrogens is 7. The molecule has 0 saturated heterocycles. The zero-order valence-corrected chi connectivity index (χ0v) is 85.0. The molecule has 18 aromatic rings. The maximum Gasteiger partial charge on any atom is 0.234 e. The number of aromatic hydroxyl groups is 3. The van der Waals surface area contributed by atoms with Gasteiger partial charge in [-0.3, -0.25) is 14.7 Å². The van der Waals surface area contributed by atoms with E-state index in [1.807, 2.05) is 206 Å². The van der Waals surface area contributed by atoms with Crippen LogP contribution in [0, 0.1) is 5.82 Å². The normalized spacial score (nSPS) is 11.8. The molecule has 14 nitrogen and oxygen atoms in total. The van der Waals surface area contributed by atoms with Crippen LogP contribution in [-0.4, -0.2) is 64.3 Å². The maximum absolute atomic E-state index is 14.5. The number of rotatable bonds is 19. The van der Waals surface area contributed by atoms with E-state index in [-0.39, 0.29) is 55.6 Å². The van der Waals surface area contributed by atoms with Gasteiger partial charge in [0.2, 0.25) is 5.95 Å². The summed E-state index contributed by atoms with van der Waals surface area (Å²) in [5.74, 6) is 2.08. The Balaban J connectivity index is 0.000000153. The standard InChI is InChI=1S/C44H46N4O.C42H40FN3O.C41H40N4O/c1-43(2,3)33-23-31(24-34(28-33)44(4,5)6)32-26-39(46-40(27-32)38-19-12-13-20-41(38)49)30-15-14-18-37(25-30)48(35-16-10-9-11-17-35)42-29-36(47(7)8)21-22-45-42;1-41(2,3)31-21-29(22-32(26-31)42(4,5)6)30-24-37(45-38(25-30)36-17-10-11-18-39(36)47)28-13-12-16-35(23-28)46(34-14-8-7-9-15-34)40-27-33(43)19-20-44-40;1-40(2,3)31-22-29(23-32(27-31)41(4,5)6)30-25-36(44-37(26-30)35-18-10-11-19-38(35)46)28-14-12-17-34(24-28)45(33-15-8-7-9-16-33)39-42-20-13-21-43-39/h9-29,49H,1-8H3;7-27,47H,1-6H3;7-27,46H,1-6H3. The molecule has 6 aromatic heterocycles. The van der Waals surface area contributed by atoms with Gasteiger partial charge in [0.05, 0.1) is 34.2 Å². The smallest absolute Gasteiger partial charge is 0.234 e. The van der Waals surface area contributed by atoms with Crippen molar-refractivity contribution in [3.63, 3.8) is 0 Å². The lowest BCUT2D eigenvalue weighted by Crippen LogP contribution is -2.16. The Bertz CT molecular complexity index is 7380. The van der Waals surface area contributed by atoms with Gasteiger partial charge in [-0.25, -0.2) is 39.3 Å². The molecule has 0 bridgehead atoms. The molecule has 0 atom stereocenters. The number of hydrogen-bond donors (Lipinski definition) is 3. The summed E-state index contributed by atoms with van der Waals surface area (Å²) in [7, 11) is 4.07. The van der Waals surface area contributed by atoms with Crippen molar-refractivity contribution in [3.8, 4) is 118 Å². The van der Waals surface area contributed by atoms with Crippen LogP contribution in [0.15, 0.2) is 383 Å². The van der Waals surface area contributed by atoms with E-state index in [9.17, 15) is 19.7 Å². The number of phenolic OH excluding ortho intramolecular Hbond substituents is 3. The summed E-state index contributed by atoms with van der Waals surface area (Å²) in [6, 6.07) is 119. The topological polar surface area (TPSA) is 164 Å². The molecular weight excluding hydrogens is 1750 g/mol. The largest absolute Gasteiger partial charge is 0.507 e. The van der Waals surface area contributed by atoms with Crippen LogP contribution in [0.4, 0.5) is 61.8 Å². The number of phenols is 3. The molecule has 0 radical (unpaired) electrons. The van der Waals surface area contributed by atoms with Crippen molar-refractivity contribution in [1.29, 1.82) is 0 Å². The molecule has 142 heavy (non-hydrogen) atoms. The lowest BCUT2D eigenvalue weighted by Gasteiger charge is -2.26. The molecule has 0 aliphatic heterocycles. The summed E-state index contributed by atoms with van der Waals surface area (Å²) in [5.41, 5.74) is 29.7.